The molecule has 1 aliphatic heterocycles. The van der Waals surface area contributed by atoms with Crippen molar-refractivity contribution in [3.8, 4) is 0 Å². The van der Waals surface area contributed by atoms with E-state index in [0.717, 1.165) is 16.7 Å². The summed E-state index contributed by atoms with van der Waals surface area (Å²) < 4.78 is 37.5. The maximum absolute atomic E-state index is 12.5. The van der Waals surface area contributed by atoms with Crippen molar-refractivity contribution in [2.45, 2.75) is 18.0 Å². The van der Waals surface area contributed by atoms with Crippen LogP contribution >= 0.6 is 11.8 Å². The molecule has 0 aromatic rings. The molecule has 0 unspecified atom stereocenters. The maximum atomic E-state index is 12.5. The molecular formula is C10H10F3NO4S. The van der Waals surface area contributed by atoms with Gasteiger partial charge in [-0.05, 0) is 6.26 Å². The quantitative estimate of drug-likeness (QED) is 0.839. The Morgan fingerprint density at radius 3 is 2.32 bits per heavy atom. The molecule has 1 heterocycles. The Morgan fingerprint density at radius 2 is 1.95 bits per heavy atom. The molecule has 1 N–H and O–H groups in total. The largest absolute Gasteiger partial charge is 0.481 e. The number of likely N-dealkylation sites (N-methyl/N-ethyl adjacent to an activating group) is 1. The van der Waals surface area contributed by atoms with E-state index in [9.17, 15) is 27.6 Å². The minimum atomic E-state index is -5.14. The van der Waals surface area contributed by atoms with Crippen molar-refractivity contribution < 1.29 is 32.7 Å². The molecule has 9 heteroatoms. The lowest BCUT2D eigenvalue weighted by Gasteiger charge is -2.20. The van der Waals surface area contributed by atoms with Gasteiger partial charge in [0.15, 0.2) is 0 Å². The minimum Gasteiger partial charge on any atom is -0.481 e. The zero-order valence-corrected chi connectivity index (χ0v) is 10.8. The SMILES string of the molecule is CS[C@H]1C(C(=O)C(F)(F)F)=C(CC(=O)O)C(=O)N1C. The Balaban J connectivity index is 3.36. The number of carboxylic acids is 1. The van der Waals surface area contributed by atoms with Crippen LogP contribution in [-0.2, 0) is 14.4 Å². The van der Waals surface area contributed by atoms with E-state index in [-0.39, 0.29) is 0 Å². The summed E-state index contributed by atoms with van der Waals surface area (Å²) in [6.45, 7) is 0. The summed E-state index contributed by atoms with van der Waals surface area (Å²) in [5, 5.41) is 7.52. The number of rotatable bonds is 4. The van der Waals surface area contributed by atoms with Crippen LogP contribution in [0.2, 0.25) is 0 Å². The lowest BCUT2D eigenvalue weighted by Crippen LogP contribution is -2.34. The Kier molecular flexibility index (Phi) is 4.28. The first-order valence-corrected chi connectivity index (χ1v) is 6.26. The second-order valence-corrected chi connectivity index (χ2v) is 4.71. The van der Waals surface area contributed by atoms with Gasteiger partial charge in [-0.15, -0.1) is 11.8 Å². The Hall–Kier alpha value is -1.51. The summed E-state index contributed by atoms with van der Waals surface area (Å²) >= 11 is 0.861. The smallest absolute Gasteiger partial charge is 0.454 e. The van der Waals surface area contributed by atoms with Gasteiger partial charge in [-0.2, -0.15) is 13.2 Å². The molecule has 5 nitrogen and oxygen atoms in total. The third kappa shape index (κ3) is 2.91. The molecule has 0 aliphatic carbocycles. The highest BCUT2D eigenvalue weighted by Gasteiger charge is 2.49. The van der Waals surface area contributed by atoms with E-state index in [1.807, 2.05) is 0 Å². The van der Waals surface area contributed by atoms with Crippen LogP contribution in [0.1, 0.15) is 6.42 Å². The van der Waals surface area contributed by atoms with Crippen LogP contribution < -0.4 is 0 Å². The summed E-state index contributed by atoms with van der Waals surface area (Å²) in [5.74, 6) is -4.50. The molecule has 0 saturated carbocycles. The van der Waals surface area contributed by atoms with Gasteiger partial charge in [0.2, 0.25) is 0 Å². The molecule has 19 heavy (non-hydrogen) atoms. The summed E-state index contributed by atoms with van der Waals surface area (Å²) in [7, 11) is 1.22. The highest BCUT2D eigenvalue weighted by atomic mass is 32.2. The minimum absolute atomic E-state index is 0.600. The second kappa shape index (κ2) is 5.24. The fourth-order valence-corrected chi connectivity index (χ4v) is 2.67. The summed E-state index contributed by atoms with van der Waals surface area (Å²) in [5.41, 5.74) is -1.38. The molecule has 0 fully saturated rings. The monoisotopic (exact) mass is 297 g/mol. The van der Waals surface area contributed by atoms with E-state index in [1.165, 1.54) is 13.3 Å². The van der Waals surface area contributed by atoms with Gasteiger partial charge in [0.05, 0.1) is 6.42 Å². The molecule has 1 aliphatic rings. The fourth-order valence-electron chi connectivity index (χ4n) is 1.78. The summed E-state index contributed by atoms with van der Waals surface area (Å²) in [6, 6.07) is 0. The number of thioether (sulfide) groups is 1. The van der Waals surface area contributed by atoms with Crippen LogP contribution in [-0.4, -0.2) is 52.5 Å². The van der Waals surface area contributed by atoms with Crippen molar-refractivity contribution in [1.29, 1.82) is 0 Å². The van der Waals surface area contributed by atoms with Crippen LogP contribution in [0.15, 0.2) is 11.1 Å². The first-order chi connectivity index (χ1) is 8.61. The molecular weight excluding hydrogens is 287 g/mol. The number of amides is 1. The van der Waals surface area contributed by atoms with E-state index in [1.54, 1.807) is 0 Å². The number of carbonyl (C=O) groups excluding carboxylic acids is 2. The molecule has 1 amide bonds. The molecule has 0 spiro atoms. The standard InChI is InChI=1S/C10H10F3NO4S/c1-14-8(18)4(3-5(15)16)6(9(14)19-2)7(17)10(11,12)13/h9H,3H2,1-2H3,(H,15,16)/t9-/m0/s1. The van der Waals surface area contributed by atoms with E-state index in [0.29, 0.717) is 0 Å². The first kappa shape index (κ1) is 15.5. The van der Waals surface area contributed by atoms with Gasteiger partial charge in [0.25, 0.3) is 11.7 Å². The number of ketones is 1. The maximum Gasteiger partial charge on any atom is 0.454 e. The second-order valence-electron chi connectivity index (χ2n) is 3.79. The van der Waals surface area contributed by atoms with Crippen LogP contribution in [0.3, 0.4) is 0 Å². The molecule has 106 valence electrons. The van der Waals surface area contributed by atoms with Crippen LogP contribution in [0.25, 0.3) is 0 Å². The van der Waals surface area contributed by atoms with Gasteiger partial charge < -0.3 is 10.0 Å². The lowest BCUT2D eigenvalue weighted by atomic mass is 10.0. The van der Waals surface area contributed by atoms with Crippen molar-refractivity contribution in [1.82, 2.24) is 4.90 Å². The summed E-state index contributed by atoms with van der Waals surface area (Å²) in [4.78, 5) is 34.6. The molecule has 0 saturated heterocycles. The number of nitrogens with zero attached hydrogens (tertiary/aromatic N) is 1. The number of hydrogen-bond acceptors (Lipinski definition) is 4. The number of aliphatic carboxylic acids is 1. The zero-order chi connectivity index (χ0) is 15.0. The van der Waals surface area contributed by atoms with E-state index >= 15 is 0 Å². The predicted molar refractivity (Wildman–Crippen MR) is 60.4 cm³/mol. The normalized spacial score (nSPS) is 20.2. The highest BCUT2D eigenvalue weighted by Crippen LogP contribution is 2.37. The Bertz CT molecular complexity index is 472. The lowest BCUT2D eigenvalue weighted by molar-refractivity contribution is -0.166. The Labute approximate surface area is 110 Å². The van der Waals surface area contributed by atoms with Crippen molar-refractivity contribution in [2.75, 3.05) is 13.3 Å². The van der Waals surface area contributed by atoms with Crippen LogP contribution in [0.4, 0.5) is 13.2 Å². The number of Topliss-reactive ketones (excluding diaryl/α,β-unsaturated/α-hetero) is 1. The fraction of sp³-hybridized carbons (Fsp3) is 0.500. The molecule has 0 aromatic heterocycles. The van der Waals surface area contributed by atoms with Gasteiger partial charge in [0, 0.05) is 18.2 Å². The van der Waals surface area contributed by atoms with E-state index in [2.05, 4.69) is 0 Å². The van der Waals surface area contributed by atoms with Gasteiger partial charge in [-0.1, -0.05) is 0 Å². The third-order valence-corrected chi connectivity index (χ3v) is 3.55. The van der Waals surface area contributed by atoms with Gasteiger partial charge in [-0.3, -0.25) is 14.4 Å². The first-order valence-electron chi connectivity index (χ1n) is 4.97. The predicted octanol–water partition coefficient (Wildman–Crippen LogP) is 1.05. The highest BCUT2D eigenvalue weighted by molar-refractivity contribution is 7.99. The van der Waals surface area contributed by atoms with E-state index in [4.69, 9.17) is 5.11 Å². The number of halogens is 3. The van der Waals surface area contributed by atoms with Crippen molar-refractivity contribution in [3.05, 3.63) is 11.1 Å². The third-order valence-electron chi connectivity index (χ3n) is 2.56. The zero-order valence-electron chi connectivity index (χ0n) is 9.95. The van der Waals surface area contributed by atoms with Crippen molar-refractivity contribution >= 4 is 29.4 Å². The average Bonchev–Trinajstić information content (AvgIpc) is 2.50. The number of carbonyl (C=O) groups is 3. The Morgan fingerprint density at radius 1 is 1.42 bits per heavy atom. The van der Waals surface area contributed by atoms with E-state index < -0.39 is 46.8 Å². The van der Waals surface area contributed by atoms with Gasteiger partial charge >= 0.3 is 12.1 Å². The summed E-state index contributed by atoms with van der Waals surface area (Å²) in [6.07, 6.45) is -4.61. The van der Waals surface area contributed by atoms with Gasteiger partial charge in [0.1, 0.15) is 5.37 Å². The molecule has 0 bridgehead atoms. The molecule has 1 atom stereocenters. The number of hydrogen-bond donors (Lipinski definition) is 1. The topological polar surface area (TPSA) is 74.7 Å². The molecule has 0 aromatic carbocycles. The number of alkyl halides is 3. The van der Waals surface area contributed by atoms with Gasteiger partial charge in [-0.25, -0.2) is 0 Å². The van der Waals surface area contributed by atoms with Crippen LogP contribution in [0, 0.1) is 0 Å². The molecule has 1 rings (SSSR count). The average molecular weight is 297 g/mol. The molecule has 0 radical (unpaired) electrons. The van der Waals surface area contributed by atoms with Crippen LogP contribution in [0.5, 0.6) is 0 Å². The van der Waals surface area contributed by atoms with Crippen molar-refractivity contribution in [3.63, 3.8) is 0 Å². The number of carboxylic acid groups (broad SMARTS) is 1. The van der Waals surface area contributed by atoms with Crippen molar-refractivity contribution in [2.24, 2.45) is 0 Å².